The smallest absolute Gasteiger partial charge is 0.253 e. The highest BCUT2D eigenvalue weighted by Crippen LogP contribution is 2.37. The van der Waals surface area contributed by atoms with Gasteiger partial charge in [0, 0.05) is 14.1 Å². The Morgan fingerprint density at radius 1 is 1.00 bits per heavy atom. The van der Waals surface area contributed by atoms with Crippen LogP contribution in [-0.2, 0) is 16.4 Å². The second-order valence-corrected chi connectivity index (χ2v) is 9.88. The highest BCUT2D eigenvalue weighted by atomic mass is 32.2. The van der Waals surface area contributed by atoms with Gasteiger partial charge in [-0.05, 0) is 42.5 Å². The zero-order valence-electron chi connectivity index (χ0n) is 17.2. The Bertz CT molecular complexity index is 1320. The summed E-state index contributed by atoms with van der Waals surface area (Å²) in [6.45, 7) is 0. The van der Waals surface area contributed by atoms with E-state index in [1.807, 2.05) is 18.2 Å². The SMILES string of the molecule is CN(C)S(=O)(=O)c1cccc(Nc2c(N[C@@H]3CCCc4ccccc43)c(=O)c2=O)c1O. The van der Waals surface area contributed by atoms with Crippen LogP contribution in [0.5, 0.6) is 5.75 Å². The number of aromatic hydroxyl groups is 1. The lowest BCUT2D eigenvalue weighted by Gasteiger charge is -2.28. The predicted octanol–water partition coefficient (Wildman–Crippen LogP) is 2.47. The Hall–Kier alpha value is -3.17. The summed E-state index contributed by atoms with van der Waals surface area (Å²) in [5.74, 6) is -0.516. The molecule has 3 aromatic rings. The van der Waals surface area contributed by atoms with Gasteiger partial charge in [-0.15, -0.1) is 0 Å². The van der Waals surface area contributed by atoms with E-state index in [2.05, 4.69) is 16.7 Å². The van der Waals surface area contributed by atoms with Gasteiger partial charge in [0.05, 0.1) is 11.7 Å². The summed E-state index contributed by atoms with van der Waals surface area (Å²) in [5, 5.41) is 16.5. The predicted molar refractivity (Wildman–Crippen MR) is 119 cm³/mol. The molecule has 0 radical (unpaired) electrons. The molecule has 3 N–H and O–H groups in total. The quantitative estimate of drug-likeness (QED) is 0.397. The van der Waals surface area contributed by atoms with E-state index in [-0.39, 0.29) is 28.0 Å². The molecule has 0 saturated heterocycles. The van der Waals surface area contributed by atoms with Gasteiger partial charge in [0.15, 0.2) is 5.75 Å². The van der Waals surface area contributed by atoms with Crippen LogP contribution in [-0.4, -0.2) is 31.9 Å². The first-order valence-electron chi connectivity index (χ1n) is 9.91. The molecule has 0 spiro atoms. The molecule has 0 unspecified atom stereocenters. The van der Waals surface area contributed by atoms with E-state index in [1.54, 1.807) is 0 Å². The molecule has 0 saturated carbocycles. The van der Waals surface area contributed by atoms with Gasteiger partial charge in [0.1, 0.15) is 16.3 Å². The van der Waals surface area contributed by atoms with Crippen molar-refractivity contribution in [1.29, 1.82) is 0 Å². The third-order valence-corrected chi connectivity index (χ3v) is 7.46. The van der Waals surface area contributed by atoms with Crippen LogP contribution in [0.4, 0.5) is 17.1 Å². The van der Waals surface area contributed by atoms with Crippen molar-refractivity contribution in [2.45, 2.75) is 30.2 Å². The molecule has 0 bridgehead atoms. The van der Waals surface area contributed by atoms with Gasteiger partial charge in [-0.25, -0.2) is 12.7 Å². The Morgan fingerprint density at radius 3 is 2.45 bits per heavy atom. The molecule has 0 amide bonds. The third-order valence-electron chi connectivity index (χ3n) is 5.62. The number of nitrogens with zero attached hydrogens (tertiary/aromatic N) is 1. The number of phenols is 1. The van der Waals surface area contributed by atoms with Crippen LogP contribution in [0.3, 0.4) is 0 Å². The van der Waals surface area contributed by atoms with Crippen molar-refractivity contribution < 1.29 is 13.5 Å². The van der Waals surface area contributed by atoms with Crippen molar-refractivity contribution in [3.63, 3.8) is 0 Å². The number of para-hydroxylation sites is 1. The summed E-state index contributed by atoms with van der Waals surface area (Å²) in [5.41, 5.74) is 1.14. The lowest BCUT2D eigenvalue weighted by Crippen LogP contribution is -2.38. The first-order chi connectivity index (χ1) is 14.7. The highest BCUT2D eigenvalue weighted by Gasteiger charge is 2.28. The van der Waals surface area contributed by atoms with E-state index >= 15 is 0 Å². The largest absolute Gasteiger partial charge is 0.504 e. The zero-order valence-corrected chi connectivity index (χ0v) is 18.0. The summed E-state index contributed by atoms with van der Waals surface area (Å²) in [4.78, 5) is 24.2. The minimum Gasteiger partial charge on any atom is -0.504 e. The molecule has 1 aliphatic rings. The maximum absolute atomic E-state index is 12.4. The fraction of sp³-hybridized carbons (Fsp3) is 0.273. The molecule has 1 aliphatic carbocycles. The number of aryl methyl sites for hydroxylation is 1. The number of hydrogen-bond donors (Lipinski definition) is 3. The third kappa shape index (κ3) is 3.60. The van der Waals surface area contributed by atoms with Gasteiger partial charge in [0.2, 0.25) is 10.0 Å². The van der Waals surface area contributed by atoms with E-state index in [9.17, 15) is 23.1 Å². The number of rotatable bonds is 6. The maximum atomic E-state index is 12.4. The first kappa shape index (κ1) is 21.1. The molecule has 4 rings (SSSR count). The topological polar surface area (TPSA) is 116 Å². The van der Waals surface area contributed by atoms with E-state index < -0.39 is 26.6 Å². The minimum absolute atomic E-state index is 0.0164. The second kappa shape index (κ2) is 7.82. The van der Waals surface area contributed by atoms with Crippen LogP contribution in [0.25, 0.3) is 0 Å². The number of benzene rings is 2. The fourth-order valence-corrected chi connectivity index (χ4v) is 4.89. The van der Waals surface area contributed by atoms with Crippen LogP contribution in [0.1, 0.15) is 30.0 Å². The van der Waals surface area contributed by atoms with Crippen molar-refractivity contribution in [2.24, 2.45) is 0 Å². The van der Waals surface area contributed by atoms with E-state index in [1.165, 1.54) is 37.9 Å². The summed E-state index contributed by atoms with van der Waals surface area (Å²) in [7, 11) is -1.18. The van der Waals surface area contributed by atoms with E-state index in [4.69, 9.17) is 0 Å². The summed E-state index contributed by atoms with van der Waals surface area (Å²) >= 11 is 0. The lowest BCUT2D eigenvalue weighted by atomic mass is 9.87. The van der Waals surface area contributed by atoms with Crippen LogP contribution < -0.4 is 21.5 Å². The molecule has 8 nitrogen and oxygen atoms in total. The van der Waals surface area contributed by atoms with E-state index in [0.717, 1.165) is 29.1 Å². The molecule has 31 heavy (non-hydrogen) atoms. The van der Waals surface area contributed by atoms with Gasteiger partial charge < -0.3 is 15.7 Å². The number of phenolic OH excluding ortho intramolecular Hbond substituents is 1. The number of fused-ring (bicyclic) bond motifs is 1. The van der Waals surface area contributed by atoms with Gasteiger partial charge >= 0.3 is 0 Å². The first-order valence-corrected chi connectivity index (χ1v) is 11.3. The second-order valence-electron chi connectivity index (χ2n) is 7.76. The van der Waals surface area contributed by atoms with Crippen molar-refractivity contribution >= 4 is 27.1 Å². The summed E-state index contributed by atoms with van der Waals surface area (Å²) < 4.78 is 25.8. The molecule has 9 heteroatoms. The molecule has 1 atom stereocenters. The van der Waals surface area contributed by atoms with Gasteiger partial charge in [-0.3, -0.25) is 9.59 Å². The summed E-state index contributed by atoms with van der Waals surface area (Å²) in [6.07, 6.45) is 2.74. The number of sulfonamides is 1. The monoisotopic (exact) mass is 441 g/mol. The fourth-order valence-electron chi connectivity index (χ4n) is 3.89. The highest BCUT2D eigenvalue weighted by molar-refractivity contribution is 7.89. The summed E-state index contributed by atoms with van der Waals surface area (Å²) in [6, 6.07) is 12.0. The van der Waals surface area contributed by atoms with Gasteiger partial charge in [-0.1, -0.05) is 30.3 Å². The van der Waals surface area contributed by atoms with Gasteiger partial charge in [0.25, 0.3) is 10.9 Å². The van der Waals surface area contributed by atoms with Crippen LogP contribution >= 0.6 is 0 Å². The molecule has 162 valence electrons. The minimum atomic E-state index is -3.89. The molecule has 0 aromatic heterocycles. The molecule has 3 aromatic carbocycles. The molecule has 0 aliphatic heterocycles. The Balaban J connectivity index is 1.66. The zero-order chi connectivity index (χ0) is 22.3. The maximum Gasteiger partial charge on any atom is 0.253 e. The average molecular weight is 442 g/mol. The molecular formula is C22H23N3O5S. The molecule has 0 heterocycles. The van der Waals surface area contributed by atoms with Gasteiger partial charge in [-0.2, -0.15) is 0 Å². The standard InChI is InChI=1S/C22H23N3O5S/c1-25(2)31(29,30)17-12-6-11-16(20(17)26)24-19-18(21(27)22(19)28)23-15-10-5-8-13-7-3-4-9-14(13)15/h3-4,6-7,9,11-12,15,23-24,26H,5,8,10H2,1-2H3/t15-/m1/s1. The Kier molecular flexibility index (Phi) is 5.32. The normalized spacial score (nSPS) is 16.3. The Labute approximate surface area is 179 Å². The molecular weight excluding hydrogens is 418 g/mol. The molecule has 0 fully saturated rings. The van der Waals surface area contributed by atoms with Crippen molar-refractivity contribution in [3.8, 4) is 5.75 Å². The Morgan fingerprint density at radius 2 is 1.71 bits per heavy atom. The van der Waals surface area contributed by atoms with Crippen LogP contribution in [0.2, 0.25) is 0 Å². The number of nitrogens with one attached hydrogen (secondary N) is 2. The van der Waals surface area contributed by atoms with Crippen LogP contribution in [0, 0.1) is 0 Å². The average Bonchev–Trinajstić information content (AvgIpc) is 2.76. The van der Waals surface area contributed by atoms with Crippen molar-refractivity contribution in [2.75, 3.05) is 24.7 Å². The van der Waals surface area contributed by atoms with Crippen LogP contribution in [0.15, 0.2) is 56.9 Å². The van der Waals surface area contributed by atoms with E-state index in [0.29, 0.717) is 0 Å². The van der Waals surface area contributed by atoms with Crippen molar-refractivity contribution in [3.05, 3.63) is 74.0 Å². The lowest BCUT2D eigenvalue weighted by molar-refractivity contribution is 0.454. The number of hydrogen-bond acceptors (Lipinski definition) is 7. The number of anilines is 3. The van der Waals surface area contributed by atoms with Crippen molar-refractivity contribution in [1.82, 2.24) is 4.31 Å².